The zero-order valence-electron chi connectivity index (χ0n) is 18.1. The molecule has 9 heteroatoms. The molecule has 0 amide bonds. The van der Waals surface area contributed by atoms with E-state index in [4.69, 9.17) is 5.73 Å². The van der Waals surface area contributed by atoms with Crippen molar-refractivity contribution in [2.45, 2.75) is 18.9 Å². The summed E-state index contributed by atoms with van der Waals surface area (Å²) in [4.78, 5) is 31.9. The molecule has 2 aliphatic carbocycles. The second-order valence-corrected chi connectivity index (χ2v) is 10.9. The van der Waals surface area contributed by atoms with Crippen LogP contribution in [0.1, 0.15) is 23.7 Å². The number of nitrogens with zero attached hydrogens (tertiary/aromatic N) is 3. The highest BCUT2D eigenvalue weighted by Gasteiger charge is 2.62. The van der Waals surface area contributed by atoms with Gasteiger partial charge in [0.1, 0.15) is 16.2 Å². The van der Waals surface area contributed by atoms with Crippen LogP contribution in [0.2, 0.25) is 0 Å². The summed E-state index contributed by atoms with van der Waals surface area (Å²) >= 11 is 1.19. The van der Waals surface area contributed by atoms with Gasteiger partial charge in [0.15, 0.2) is 0 Å². The smallest absolute Gasteiger partial charge is 0.342 e. The van der Waals surface area contributed by atoms with E-state index in [1.807, 2.05) is 0 Å². The lowest BCUT2D eigenvalue weighted by Gasteiger charge is -2.29. The van der Waals surface area contributed by atoms with Crippen molar-refractivity contribution in [2.24, 2.45) is 28.0 Å². The minimum atomic E-state index is -1.31. The third-order valence-corrected chi connectivity index (χ3v) is 9.36. The Morgan fingerprint density at radius 2 is 2.09 bits per heavy atom. The number of halogens is 1. The van der Waals surface area contributed by atoms with Crippen molar-refractivity contribution < 1.29 is 14.3 Å². The molecule has 1 saturated carbocycles. The second-order valence-electron chi connectivity index (χ2n) is 10.1. The number of carboxylic acids is 1. The molecule has 2 fully saturated rings. The molecular formula is C24H21FN4O3S. The van der Waals surface area contributed by atoms with E-state index in [0.29, 0.717) is 51.3 Å². The molecule has 7 nitrogen and oxygen atoms in total. The van der Waals surface area contributed by atoms with Crippen LogP contribution in [0.4, 0.5) is 10.1 Å². The number of rotatable bonds is 2. The number of thiazole rings is 1. The molecule has 4 atom stereocenters. The van der Waals surface area contributed by atoms with E-state index in [0.717, 1.165) is 6.42 Å². The summed E-state index contributed by atoms with van der Waals surface area (Å²) in [5, 5.41) is 12.7. The summed E-state index contributed by atoms with van der Waals surface area (Å²) in [5.74, 6) is -1.29. The largest absolute Gasteiger partial charge is 0.477 e. The highest BCUT2D eigenvalue weighted by molar-refractivity contribution is 7.16. The van der Waals surface area contributed by atoms with E-state index in [9.17, 15) is 14.7 Å². The molecule has 4 aromatic rings. The topological polar surface area (TPSA) is 100 Å². The van der Waals surface area contributed by atoms with Crippen LogP contribution in [0.15, 0.2) is 33.4 Å². The fraction of sp³-hybridized carbons (Fsp3) is 0.375. The lowest BCUT2D eigenvalue weighted by molar-refractivity contribution is 0.0697. The SMILES string of the molecule is CN=c1c2c(N3CC4C(C3)C3(N)C=CC4(C)C3)c(F)cc3c(=O)c(C(=O)O)c4scc1n4c32. The first-order valence-electron chi connectivity index (χ1n) is 11.0. The van der Waals surface area contributed by atoms with Gasteiger partial charge in [-0.25, -0.2) is 9.18 Å². The van der Waals surface area contributed by atoms with Crippen molar-refractivity contribution >= 4 is 49.6 Å². The van der Waals surface area contributed by atoms with Gasteiger partial charge in [0.25, 0.3) is 0 Å². The molecule has 3 aliphatic rings. The van der Waals surface area contributed by atoms with Gasteiger partial charge in [-0.15, -0.1) is 11.3 Å². The number of carbonyl (C=O) groups is 1. The van der Waals surface area contributed by atoms with Crippen LogP contribution >= 0.6 is 11.3 Å². The van der Waals surface area contributed by atoms with Crippen molar-refractivity contribution in [3.8, 4) is 0 Å². The van der Waals surface area contributed by atoms with Crippen molar-refractivity contribution in [1.82, 2.24) is 4.40 Å². The minimum absolute atomic E-state index is 0.00229. The molecular weight excluding hydrogens is 443 g/mol. The number of aromatic nitrogens is 1. The number of aromatic carboxylic acids is 1. The van der Waals surface area contributed by atoms with Crippen LogP contribution < -0.4 is 21.4 Å². The molecule has 3 aromatic heterocycles. The Labute approximate surface area is 190 Å². The van der Waals surface area contributed by atoms with Crippen molar-refractivity contribution in [2.75, 3.05) is 25.0 Å². The maximum atomic E-state index is 15.8. The Bertz CT molecular complexity index is 1660. The monoisotopic (exact) mass is 464 g/mol. The minimum Gasteiger partial charge on any atom is -0.477 e. The van der Waals surface area contributed by atoms with E-state index in [2.05, 4.69) is 29.0 Å². The third-order valence-electron chi connectivity index (χ3n) is 8.41. The van der Waals surface area contributed by atoms with Crippen LogP contribution in [-0.2, 0) is 0 Å². The number of carboxylic acid groups (broad SMARTS) is 1. The number of hydrogen-bond donors (Lipinski definition) is 2. The molecule has 2 bridgehead atoms. The van der Waals surface area contributed by atoms with Gasteiger partial charge in [-0.05, 0) is 23.8 Å². The Morgan fingerprint density at radius 1 is 1.33 bits per heavy atom. The Hall–Kier alpha value is -3.04. The predicted molar refractivity (Wildman–Crippen MR) is 125 cm³/mol. The van der Waals surface area contributed by atoms with Gasteiger partial charge in [0.05, 0.1) is 32.9 Å². The van der Waals surface area contributed by atoms with Gasteiger partial charge >= 0.3 is 5.97 Å². The first-order valence-corrected chi connectivity index (χ1v) is 11.8. The molecule has 0 spiro atoms. The average molecular weight is 465 g/mol. The molecule has 3 N–H and O–H groups in total. The van der Waals surface area contributed by atoms with E-state index < -0.39 is 17.2 Å². The molecule has 4 unspecified atom stereocenters. The highest BCUT2D eigenvalue weighted by atomic mass is 32.1. The zero-order valence-corrected chi connectivity index (χ0v) is 18.9. The van der Waals surface area contributed by atoms with Crippen LogP contribution in [0.5, 0.6) is 0 Å². The van der Waals surface area contributed by atoms with Crippen LogP contribution in [-0.4, -0.2) is 41.2 Å². The molecule has 168 valence electrons. The van der Waals surface area contributed by atoms with Gasteiger partial charge in [0, 0.05) is 37.0 Å². The maximum absolute atomic E-state index is 15.8. The molecule has 7 rings (SSSR count). The number of nitrogens with two attached hydrogens (primary N) is 1. The summed E-state index contributed by atoms with van der Waals surface area (Å²) in [6.07, 6.45) is 5.27. The van der Waals surface area contributed by atoms with Gasteiger partial charge < -0.3 is 15.7 Å². The quantitative estimate of drug-likeness (QED) is 0.444. The van der Waals surface area contributed by atoms with E-state index in [-0.39, 0.29) is 27.8 Å². The van der Waals surface area contributed by atoms with Crippen molar-refractivity contribution in [3.05, 3.63) is 50.6 Å². The standard InChI is InChI=1S/C24H21FN4O3S/c1-23-3-4-24(26,9-23)12-7-28(6-11(12)23)19-13(25)5-10-18-15(19)17(27-2)14-8-33-21(29(14)18)16(20(10)30)22(31)32/h3-5,8,11-12H,6-7,9,26H2,1-2H3,(H,31,32). The normalized spacial score (nSPS) is 31.3. The van der Waals surface area contributed by atoms with Crippen LogP contribution in [0.3, 0.4) is 0 Å². The Balaban J connectivity index is 1.54. The molecule has 1 aliphatic heterocycles. The van der Waals surface area contributed by atoms with Crippen molar-refractivity contribution in [3.63, 3.8) is 0 Å². The lowest BCUT2D eigenvalue weighted by Crippen LogP contribution is -2.43. The third kappa shape index (κ3) is 2.07. The van der Waals surface area contributed by atoms with Crippen molar-refractivity contribution in [1.29, 1.82) is 0 Å². The van der Waals surface area contributed by atoms with Gasteiger partial charge in [-0.3, -0.25) is 14.2 Å². The fourth-order valence-corrected chi connectivity index (χ4v) is 8.09. The number of anilines is 1. The molecule has 4 heterocycles. The maximum Gasteiger partial charge on any atom is 0.342 e. The van der Waals surface area contributed by atoms with Crippen LogP contribution in [0, 0.1) is 23.1 Å². The lowest BCUT2D eigenvalue weighted by atomic mass is 9.76. The second kappa shape index (κ2) is 5.71. The number of benzene rings is 1. The average Bonchev–Trinajstić information content (AvgIpc) is 3.52. The van der Waals surface area contributed by atoms with Gasteiger partial charge in [0.2, 0.25) is 5.43 Å². The first-order chi connectivity index (χ1) is 15.7. The number of pyridine rings is 1. The number of fused-ring (bicyclic) bond motifs is 5. The summed E-state index contributed by atoms with van der Waals surface area (Å²) < 4.78 is 17.6. The molecule has 1 saturated heterocycles. The van der Waals surface area contributed by atoms with Gasteiger partial charge in [-0.1, -0.05) is 19.1 Å². The summed E-state index contributed by atoms with van der Waals surface area (Å²) in [6.45, 7) is 3.54. The zero-order chi connectivity index (χ0) is 23.0. The van der Waals surface area contributed by atoms with E-state index in [1.54, 1.807) is 16.8 Å². The number of allylic oxidation sites excluding steroid dienone is 1. The Kier molecular flexibility index (Phi) is 3.36. The Morgan fingerprint density at radius 3 is 2.79 bits per heavy atom. The summed E-state index contributed by atoms with van der Waals surface area (Å²) in [7, 11) is 1.64. The summed E-state index contributed by atoms with van der Waals surface area (Å²) in [5.41, 5.74) is 7.05. The number of hydrogen-bond acceptors (Lipinski definition) is 6. The fourth-order valence-electron chi connectivity index (χ4n) is 7.06. The molecule has 0 radical (unpaired) electrons. The molecule has 1 aromatic carbocycles. The van der Waals surface area contributed by atoms with E-state index >= 15 is 4.39 Å². The molecule has 33 heavy (non-hydrogen) atoms. The first kappa shape index (κ1) is 19.4. The summed E-state index contributed by atoms with van der Waals surface area (Å²) in [6, 6.07) is 1.20. The highest BCUT2D eigenvalue weighted by Crippen LogP contribution is 2.60. The van der Waals surface area contributed by atoms with Crippen LogP contribution in [0.25, 0.3) is 26.6 Å². The van der Waals surface area contributed by atoms with Gasteiger partial charge in [-0.2, -0.15) is 0 Å². The van der Waals surface area contributed by atoms with E-state index in [1.165, 1.54) is 17.4 Å². The predicted octanol–water partition coefficient (Wildman–Crippen LogP) is 2.64.